The maximum absolute atomic E-state index is 12.0. The molecule has 0 aliphatic heterocycles. The van der Waals surface area contributed by atoms with Crippen molar-refractivity contribution in [2.24, 2.45) is 5.41 Å². The van der Waals surface area contributed by atoms with E-state index >= 15 is 0 Å². The Morgan fingerprint density at radius 2 is 1.61 bits per heavy atom. The van der Waals surface area contributed by atoms with Crippen molar-refractivity contribution >= 4 is 5.97 Å². The molecule has 0 aromatic carbocycles. The number of methoxy groups -OCH3 is 1. The lowest BCUT2D eigenvalue weighted by Gasteiger charge is -2.34. The second kappa shape index (κ2) is 8.55. The van der Waals surface area contributed by atoms with Gasteiger partial charge in [-0.05, 0) is 19.3 Å². The summed E-state index contributed by atoms with van der Waals surface area (Å²) in [6.07, 6.45) is 14.6. The summed E-state index contributed by atoms with van der Waals surface area (Å²) >= 11 is 0. The van der Waals surface area contributed by atoms with Gasteiger partial charge in [-0.25, -0.2) is 0 Å². The molecule has 0 bridgehead atoms. The summed E-state index contributed by atoms with van der Waals surface area (Å²) in [5.41, 5.74) is -0.127. The number of hydrogen-bond donors (Lipinski definition) is 0. The monoisotopic (exact) mass is 254 g/mol. The first kappa shape index (κ1) is 15.5. The second-order valence-electron chi connectivity index (χ2n) is 5.85. The summed E-state index contributed by atoms with van der Waals surface area (Å²) in [5, 5.41) is 0. The zero-order valence-electron chi connectivity index (χ0n) is 12.3. The number of carbonyl (C=O) groups is 1. The number of esters is 1. The lowest BCUT2D eigenvalue weighted by atomic mass is 9.71. The third-order valence-electron chi connectivity index (χ3n) is 4.44. The minimum absolute atomic E-state index is 0.0516. The summed E-state index contributed by atoms with van der Waals surface area (Å²) in [4.78, 5) is 12.0. The van der Waals surface area contributed by atoms with Gasteiger partial charge in [0.25, 0.3) is 0 Å². The van der Waals surface area contributed by atoms with Gasteiger partial charge in [-0.1, -0.05) is 64.7 Å². The quantitative estimate of drug-likeness (QED) is 0.456. The average molecular weight is 254 g/mol. The number of ether oxygens (including phenoxy) is 1. The van der Waals surface area contributed by atoms with Crippen molar-refractivity contribution in [3.05, 3.63) is 0 Å². The van der Waals surface area contributed by atoms with Crippen molar-refractivity contribution in [3.63, 3.8) is 0 Å². The molecule has 0 unspecified atom stereocenters. The van der Waals surface area contributed by atoms with Crippen LogP contribution in [0.15, 0.2) is 0 Å². The Morgan fingerprint density at radius 3 is 2.22 bits per heavy atom. The van der Waals surface area contributed by atoms with Gasteiger partial charge < -0.3 is 4.74 Å². The highest BCUT2D eigenvalue weighted by Crippen LogP contribution is 2.41. The molecular weight excluding hydrogens is 224 g/mol. The van der Waals surface area contributed by atoms with E-state index in [1.54, 1.807) is 7.11 Å². The molecule has 106 valence electrons. The molecule has 1 fully saturated rings. The normalized spacial score (nSPS) is 18.6. The average Bonchev–Trinajstić information content (AvgIpc) is 2.43. The van der Waals surface area contributed by atoms with Crippen LogP contribution in [0.4, 0.5) is 0 Å². The minimum Gasteiger partial charge on any atom is -0.469 e. The van der Waals surface area contributed by atoms with Crippen molar-refractivity contribution in [3.8, 4) is 0 Å². The molecule has 2 heteroatoms. The van der Waals surface area contributed by atoms with Crippen molar-refractivity contribution < 1.29 is 9.53 Å². The van der Waals surface area contributed by atoms with Crippen LogP contribution in [0.2, 0.25) is 0 Å². The summed E-state index contributed by atoms with van der Waals surface area (Å²) in [6, 6.07) is 0. The SMILES string of the molecule is CCCCCCCCC1(C(=O)OC)CCCCC1. The first-order valence-corrected chi connectivity index (χ1v) is 7.83. The van der Waals surface area contributed by atoms with Gasteiger partial charge in [0, 0.05) is 0 Å². The van der Waals surface area contributed by atoms with E-state index in [0.29, 0.717) is 0 Å². The Kier molecular flexibility index (Phi) is 7.38. The van der Waals surface area contributed by atoms with E-state index in [-0.39, 0.29) is 11.4 Å². The Bertz CT molecular complexity index is 229. The fourth-order valence-corrected chi connectivity index (χ4v) is 3.24. The Morgan fingerprint density at radius 1 is 1.00 bits per heavy atom. The molecule has 0 amide bonds. The van der Waals surface area contributed by atoms with Gasteiger partial charge in [-0.2, -0.15) is 0 Å². The van der Waals surface area contributed by atoms with Gasteiger partial charge in [0.2, 0.25) is 0 Å². The molecule has 1 saturated carbocycles. The number of hydrogen-bond acceptors (Lipinski definition) is 2. The van der Waals surface area contributed by atoms with Crippen molar-refractivity contribution in [1.29, 1.82) is 0 Å². The largest absolute Gasteiger partial charge is 0.469 e. The zero-order valence-corrected chi connectivity index (χ0v) is 12.3. The molecule has 0 spiro atoms. The van der Waals surface area contributed by atoms with Crippen LogP contribution in [0, 0.1) is 5.41 Å². The van der Waals surface area contributed by atoms with Gasteiger partial charge in [0.05, 0.1) is 12.5 Å². The molecule has 1 rings (SSSR count). The molecule has 1 aliphatic carbocycles. The first-order chi connectivity index (χ1) is 8.75. The maximum Gasteiger partial charge on any atom is 0.311 e. The van der Waals surface area contributed by atoms with Crippen LogP contribution < -0.4 is 0 Å². The fourth-order valence-electron chi connectivity index (χ4n) is 3.24. The summed E-state index contributed by atoms with van der Waals surface area (Å²) in [7, 11) is 1.54. The molecule has 1 aliphatic rings. The van der Waals surface area contributed by atoms with Gasteiger partial charge in [0.15, 0.2) is 0 Å². The summed E-state index contributed by atoms with van der Waals surface area (Å²) < 4.78 is 5.05. The molecule has 0 radical (unpaired) electrons. The van der Waals surface area contributed by atoms with Gasteiger partial charge in [-0.3, -0.25) is 4.79 Å². The van der Waals surface area contributed by atoms with E-state index < -0.39 is 0 Å². The van der Waals surface area contributed by atoms with E-state index in [2.05, 4.69) is 6.92 Å². The van der Waals surface area contributed by atoms with E-state index in [0.717, 1.165) is 19.3 Å². The fraction of sp³-hybridized carbons (Fsp3) is 0.938. The molecule has 0 aromatic rings. The van der Waals surface area contributed by atoms with E-state index in [4.69, 9.17) is 4.74 Å². The van der Waals surface area contributed by atoms with Crippen LogP contribution >= 0.6 is 0 Å². The summed E-state index contributed by atoms with van der Waals surface area (Å²) in [5.74, 6) is 0.0516. The first-order valence-electron chi connectivity index (χ1n) is 7.83. The third-order valence-corrected chi connectivity index (χ3v) is 4.44. The van der Waals surface area contributed by atoms with Crippen molar-refractivity contribution in [1.82, 2.24) is 0 Å². The van der Waals surface area contributed by atoms with Crippen LogP contribution in [-0.2, 0) is 9.53 Å². The van der Waals surface area contributed by atoms with E-state index in [1.165, 1.54) is 57.8 Å². The van der Waals surface area contributed by atoms with Crippen LogP contribution in [0.1, 0.15) is 84.0 Å². The molecular formula is C16H30O2. The van der Waals surface area contributed by atoms with Crippen LogP contribution in [0.5, 0.6) is 0 Å². The predicted octanol–water partition coefficient (Wildman–Crippen LogP) is 4.86. The molecule has 0 atom stereocenters. The Hall–Kier alpha value is -0.530. The van der Waals surface area contributed by atoms with Gasteiger partial charge >= 0.3 is 5.97 Å². The smallest absolute Gasteiger partial charge is 0.311 e. The van der Waals surface area contributed by atoms with Crippen LogP contribution in [0.3, 0.4) is 0 Å². The number of unbranched alkanes of at least 4 members (excludes halogenated alkanes) is 5. The summed E-state index contributed by atoms with van der Waals surface area (Å²) in [6.45, 7) is 2.24. The molecule has 0 N–H and O–H groups in total. The second-order valence-corrected chi connectivity index (χ2v) is 5.85. The zero-order chi connectivity index (χ0) is 13.3. The molecule has 0 heterocycles. The lowest BCUT2D eigenvalue weighted by Crippen LogP contribution is -2.34. The molecule has 0 saturated heterocycles. The van der Waals surface area contributed by atoms with E-state index in [1.807, 2.05) is 0 Å². The number of carbonyl (C=O) groups excluding carboxylic acids is 1. The Labute approximate surface area is 112 Å². The Balaban J connectivity index is 2.30. The molecule has 2 nitrogen and oxygen atoms in total. The van der Waals surface area contributed by atoms with Crippen LogP contribution in [-0.4, -0.2) is 13.1 Å². The lowest BCUT2D eigenvalue weighted by molar-refractivity contribution is -0.155. The van der Waals surface area contributed by atoms with Crippen LogP contribution in [0.25, 0.3) is 0 Å². The molecule has 18 heavy (non-hydrogen) atoms. The van der Waals surface area contributed by atoms with E-state index in [9.17, 15) is 4.79 Å². The highest BCUT2D eigenvalue weighted by Gasteiger charge is 2.39. The highest BCUT2D eigenvalue weighted by atomic mass is 16.5. The van der Waals surface area contributed by atoms with Crippen molar-refractivity contribution in [2.75, 3.05) is 7.11 Å². The third kappa shape index (κ3) is 4.62. The van der Waals surface area contributed by atoms with Gasteiger partial charge in [-0.15, -0.1) is 0 Å². The highest BCUT2D eigenvalue weighted by molar-refractivity contribution is 5.76. The predicted molar refractivity (Wildman–Crippen MR) is 75.5 cm³/mol. The standard InChI is InChI=1S/C16H30O2/c1-3-4-5-6-7-9-12-16(15(17)18-2)13-10-8-11-14-16/h3-14H2,1-2H3. The molecule has 0 aromatic heterocycles. The maximum atomic E-state index is 12.0. The van der Waals surface area contributed by atoms with Gasteiger partial charge in [0.1, 0.15) is 0 Å². The minimum atomic E-state index is -0.127. The number of rotatable bonds is 8. The van der Waals surface area contributed by atoms with Crippen molar-refractivity contribution in [2.45, 2.75) is 84.0 Å². The topological polar surface area (TPSA) is 26.3 Å².